The van der Waals surface area contributed by atoms with E-state index in [0.29, 0.717) is 6.04 Å². The minimum atomic E-state index is -0.107. The molecule has 0 spiro atoms. The number of aryl methyl sites for hydroxylation is 1. The summed E-state index contributed by atoms with van der Waals surface area (Å²) in [7, 11) is 0. The Balaban J connectivity index is 2.01. The van der Waals surface area contributed by atoms with Gasteiger partial charge >= 0.3 is 0 Å². The smallest absolute Gasteiger partial charge is 0.128 e. The monoisotopic (exact) mass is 234 g/mol. The third kappa shape index (κ3) is 1.88. The van der Waals surface area contributed by atoms with Gasteiger partial charge in [-0.05, 0) is 37.5 Å². The average molecular weight is 234 g/mol. The van der Waals surface area contributed by atoms with Crippen LogP contribution in [0.25, 0.3) is 0 Å². The molecule has 0 aromatic heterocycles. The third-order valence-corrected chi connectivity index (χ3v) is 3.99. The van der Waals surface area contributed by atoms with Gasteiger partial charge in [-0.3, -0.25) is 0 Å². The zero-order valence-corrected chi connectivity index (χ0v) is 10.3. The van der Waals surface area contributed by atoms with Crippen LogP contribution in [-0.4, -0.2) is 19.1 Å². The quantitative estimate of drug-likeness (QED) is 0.741. The summed E-state index contributed by atoms with van der Waals surface area (Å²) in [5.41, 5.74) is 2.91. The summed E-state index contributed by atoms with van der Waals surface area (Å²) in [5, 5.41) is 3.38. The average Bonchev–Trinajstić information content (AvgIpc) is 2.56. The number of nitrogens with zero attached hydrogens (tertiary/aromatic N) is 1. The van der Waals surface area contributed by atoms with Gasteiger partial charge in [0.05, 0.1) is 11.4 Å². The molecule has 92 valence electrons. The Labute approximate surface area is 102 Å². The number of fused-ring (bicyclic) bond motifs is 3. The second-order valence-corrected chi connectivity index (χ2v) is 5.20. The fourth-order valence-corrected chi connectivity index (χ4v) is 2.98. The van der Waals surface area contributed by atoms with E-state index in [0.717, 1.165) is 24.3 Å². The van der Waals surface area contributed by atoms with E-state index in [1.54, 1.807) is 6.07 Å². The molecule has 3 rings (SSSR count). The lowest BCUT2D eigenvalue weighted by molar-refractivity contribution is 0.578. The first-order valence-electron chi connectivity index (χ1n) is 6.56. The summed E-state index contributed by atoms with van der Waals surface area (Å²) in [6.07, 6.45) is 5.15. The zero-order valence-electron chi connectivity index (χ0n) is 10.3. The van der Waals surface area contributed by atoms with E-state index in [-0.39, 0.29) is 5.82 Å². The Morgan fingerprint density at radius 2 is 2.18 bits per heavy atom. The molecule has 2 aliphatic rings. The lowest BCUT2D eigenvalue weighted by Crippen LogP contribution is -2.43. The molecule has 2 nitrogen and oxygen atoms in total. The summed E-state index contributed by atoms with van der Waals surface area (Å²) in [6.45, 7) is 3.91. The van der Waals surface area contributed by atoms with Crippen molar-refractivity contribution in [3.05, 3.63) is 23.5 Å². The van der Waals surface area contributed by atoms with Crippen LogP contribution in [0.5, 0.6) is 0 Å². The van der Waals surface area contributed by atoms with Crippen molar-refractivity contribution < 1.29 is 4.39 Å². The molecular formula is C14H19FN2. The van der Waals surface area contributed by atoms with Gasteiger partial charge < -0.3 is 10.2 Å². The van der Waals surface area contributed by atoms with E-state index in [1.165, 1.54) is 31.4 Å². The van der Waals surface area contributed by atoms with Gasteiger partial charge in [0.2, 0.25) is 0 Å². The van der Waals surface area contributed by atoms with Crippen molar-refractivity contribution in [2.45, 2.75) is 38.6 Å². The molecule has 2 aliphatic heterocycles. The SMILES string of the molecule is Cc1cc2c(cc1F)NCC1CCCCCN21. The van der Waals surface area contributed by atoms with Gasteiger partial charge in [0.1, 0.15) is 5.82 Å². The zero-order chi connectivity index (χ0) is 11.8. The second kappa shape index (κ2) is 4.21. The molecule has 0 saturated carbocycles. The maximum Gasteiger partial charge on any atom is 0.128 e. The first-order valence-corrected chi connectivity index (χ1v) is 6.56. The number of nitrogens with one attached hydrogen (secondary N) is 1. The van der Waals surface area contributed by atoms with Crippen LogP contribution in [0, 0.1) is 12.7 Å². The lowest BCUT2D eigenvalue weighted by atomic mass is 10.0. The molecule has 0 amide bonds. The highest BCUT2D eigenvalue weighted by Crippen LogP contribution is 2.36. The molecule has 1 N–H and O–H groups in total. The Hall–Kier alpha value is -1.25. The summed E-state index contributed by atoms with van der Waals surface area (Å²) in [5.74, 6) is -0.107. The predicted octanol–water partition coefficient (Wildman–Crippen LogP) is 3.31. The van der Waals surface area contributed by atoms with Gasteiger partial charge in [0.15, 0.2) is 0 Å². The van der Waals surface area contributed by atoms with Crippen molar-refractivity contribution in [1.82, 2.24) is 0 Å². The largest absolute Gasteiger partial charge is 0.381 e. The van der Waals surface area contributed by atoms with E-state index < -0.39 is 0 Å². The molecule has 1 atom stereocenters. The Bertz CT molecular complexity index is 430. The van der Waals surface area contributed by atoms with Crippen LogP contribution < -0.4 is 10.2 Å². The highest BCUT2D eigenvalue weighted by atomic mass is 19.1. The third-order valence-electron chi connectivity index (χ3n) is 3.99. The van der Waals surface area contributed by atoms with E-state index >= 15 is 0 Å². The highest BCUT2D eigenvalue weighted by molar-refractivity contribution is 5.74. The van der Waals surface area contributed by atoms with Crippen molar-refractivity contribution in [2.75, 3.05) is 23.3 Å². The molecule has 1 saturated heterocycles. The molecule has 1 unspecified atom stereocenters. The van der Waals surface area contributed by atoms with Gasteiger partial charge in [0, 0.05) is 19.1 Å². The normalized spacial score (nSPS) is 23.4. The molecule has 2 heterocycles. The van der Waals surface area contributed by atoms with Crippen molar-refractivity contribution >= 4 is 11.4 Å². The van der Waals surface area contributed by atoms with E-state index in [1.807, 2.05) is 13.0 Å². The fraction of sp³-hybridized carbons (Fsp3) is 0.571. The number of hydrogen-bond donors (Lipinski definition) is 1. The lowest BCUT2D eigenvalue weighted by Gasteiger charge is -2.38. The van der Waals surface area contributed by atoms with Gasteiger partial charge in [-0.1, -0.05) is 12.8 Å². The molecule has 1 fully saturated rings. The van der Waals surface area contributed by atoms with Crippen molar-refractivity contribution in [2.24, 2.45) is 0 Å². The number of anilines is 2. The standard InChI is InChI=1S/C14H19FN2/c1-10-7-14-13(8-12(10)15)16-9-11-5-3-2-4-6-17(11)14/h7-8,11,16H,2-6,9H2,1H3. The molecule has 0 radical (unpaired) electrons. The van der Waals surface area contributed by atoms with Crippen molar-refractivity contribution in [1.29, 1.82) is 0 Å². The summed E-state index contributed by atoms with van der Waals surface area (Å²) < 4.78 is 13.6. The number of hydrogen-bond acceptors (Lipinski definition) is 2. The maximum absolute atomic E-state index is 13.6. The van der Waals surface area contributed by atoms with E-state index in [2.05, 4.69) is 10.2 Å². The number of benzene rings is 1. The summed E-state index contributed by atoms with van der Waals surface area (Å²) >= 11 is 0. The molecule has 0 aliphatic carbocycles. The summed E-state index contributed by atoms with van der Waals surface area (Å²) in [6, 6.07) is 4.23. The van der Waals surface area contributed by atoms with Crippen LogP contribution in [0.1, 0.15) is 31.2 Å². The number of rotatable bonds is 0. The molecule has 1 aromatic rings. The Morgan fingerprint density at radius 1 is 1.29 bits per heavy atom. The number of halogens is 1. The maximum atomic E-state index is 13.6. The molecule has 17 heavy (non-hydrogen) atoms. The molecule has 1 aromatic carbocycles. The van der Waals surface area contributed by atoms with E-state index in [9.17, 15) is 4.39 Å². The Kier molecular flexibility index (Phi) is 2.69. The van der Waals surface area contributed by atoms with Crippen LogP contribution >= 0.6 is 0 Å². The highest BCUT2D eigenvalue weighted by Gasteiger charge is 2.27. The molecular weight excluding hydrogens is 215 g/mol. The van der Waals surface area contributed by atoms with Gasteiger partial charge in [0.25, 0.3) is 0 Å². The first kappa shape index (κ1) is 10.9. The van der Waals surface area contributed by atoms with Crippen LogP contribution in [0.2, 0.25) is 0 Å². The van der Waals surface area contributed by atoms with Crippen molar-refractivity contribution in [3.63, 3.8) is 0 Å². The van der Waals surface area contributed by atoms with E-state index in [4.69, 9.17) is 0 Å². The van der Waals surface area contributed by atoms with Crippen LogP contribution in [-0.2, 0) is 0 Å². The molecule has 0 bridgehead atoms. The van der Waals surface area contributed by atoms with Gasteiger partial charge in [-0.25, -0.2) is 4.39 Å². The van der Waals surface area contributed by atoms with Crippen LogP contribution in [0.3, 0.4) is 0 Å². The van der Waals surface area contributed by atoms with Crippen LogP contribution in [0.4, 0.5) is 15.8 Å². The van der Waals surface area contributed by atoms with Crippen molar-refractivity contribution in [3.8, 4) is 0 Å². The molecule has 3 heteroatoms. The minimum absolute atomic E-state index is 0.107. The fourth-order valence-electron chi connectivity index (χ4n) is 2.98. The first-order chi connectivity index (χ1) is 8.25. The van der Waals surface area contributed by atoms with Gasteiger partial charge in [-0.15, -0.1) is 0 Å². The predicted molar refractivity (Wildman–Crippen MR) is 69.2 cm³/mol. The van der Waals surface area contributed by atoms with Gasteiger partial charge in [-0.2, -0.15) is 0 Å². The topological polar surface area (TPSA) is 15.3 Å². The minimum Gasteiger partial charge on any atom is -0.381 e. The van der Waals surface area contributed by atoms with Crippen LogP contribution in [0.15, 0.2) is 12.1 Å². The summed E-state index contributed by atoms with van der Waals surface area (Å²) in [4.78, 5) is 2.48. The Morgan fingerprint density at radius 3 is 3.06 bits per heavy atom. The second-order valence-electron chi connectivity index (χ2n) is 5.20.